The summed E-state index contributed by atoms with van der Waals surface area (Å²) in [7, 11) is -3.49. The Balaban J connectivity index is 1.63. The molecule has 1 saturated heterocycles. The molecule has 1 heterocycles. The summed E-state index contributed by atoms with van der Waals surface area (Å²) in [6.45, 7) is 5.85. The molecule has 1 amide bonds. The first-order valence-corrected chi connectivity index (χ1v) is 10.9. The molecule has 0 bridgehead atoms. The average molecular weight is 377 g/mol. The van der Waals surface area contributed by atoms with Gasteiger partial charge in [0.2, 0.25) is 15.9 Å². The van der Waals surface area contributed by atoms with E-state index in [0.29, 0.717) is 37.0 Å². The van der Waals surface area contributed by atoms with Gasteiger partial charge in [0.05, 0.1) is 4.90 Å². The minimum atomic E-state index is -3.49. The molecule has 1 fully saturated rings. The van der Waals surface area contributed by atoms with Crippen LogP contribution >= 0.6 is 0 Å². The van der Waals surface area contributed by atoms with Crippen molar-refractivity contribution in [2.75, 3.05) is 26.2 Å². The minimum Gasteiger partial charge on any atom is -0.340 e. The first-order valence-electron chi connectivity index (χ1n) is 9.43. The molecule has 0 aromatic heterocycles. The molecule has 0 spiro atoms. The summed E-state index contributed by atoms with van der Waals surface area (Å²) in [5.74, 6) is 0.607. The summed E-state index contributed by atoms with van der Waals surface area (Å²) in [5, 5.41) is 0. The van der Waals surface area contributed by atoms with Gasteiger partial charge in [0.25, 0.3) is 0 Å². The van der Waals surface area contributed by atoms with Crippen LogP contribution in [0, 0.1) is 5.92 Å². The van der Waals surface area contributed by atoms with E-state index in [4.69, 9.17) is 0 Å². The Bertz CT molecular complexity index is 761. The summed E-state index contributed by atoms with van der Waals surface area (Å²) >= 11 is 0. The zero-order valence-electron chi connectivity index (χ0n) is 15.6. The van der Waals surface area contributed by atoms with E-state index in [0.717, 1.165) is 24.8 Å². The molecule has 0 radical (unpaired) electrons. The summed E-state index contributed by atoms with van der Waals surface area (Å²) in [6.07, 6.45) is 6.86. The summed E-state index contributed by atoms with van der Waals surface area (Å²) < 4.78 is 27.2. The van der Waals surface area contributed by atoms with Gasteiger partial charge in [-0.2, -0.15) is 4.31 Å². The molecule has 3 rings (SSSR count). The van der Waals surface area contributed by atoms with Crippen LogP contribution in [0.5, 0.6) is 0 Å². The van der Waals surface area contributed by atoms with E-state index < -0.39 is 10.0 Å². The van der Waals surface area contributed by atoms with Gasteiger partial charge in [-0.25, -0.2) is 8.42 Å². The second kappa shape index (κ2) is 7.92. The lowest BCUT2D eigenvalue weighted by atomic mass is 9.93. The lowest BCUT2D eigenvalue weighted by Crippen LogP contribution is -2.51. The molecular weight excluding hydrogens is 348 g/mol. The number of hydrogen-bond donors (Lipinski definition) is 0. The maximum Gasteiger partial charge on any atom is 0.243 e. The largest absolute Gasteiger partial charge is 0.340 e. The van der Waals surface area contributed by atoms with Crippen molar-refractivity contribution in [3.8, 4) is 0 Å². The predicted octanol–water partition coefficient (Wildman–Crippen LogP) is 3.00. The quantitative estimate of drug-likeness (QED) is 0.759. The third kappa shape index (κ3) is 4.01. The van der Waals surface area contributed by atoms with Crippen LogP contribution in [0.25, 0.3) is 0 Å². The number of rotatable bonds is 4. The van der Waals surface area contributed by atoms with Crippen molar-refractivity contribution in [1.82, 2.24) is 9.21 Å². The number of amides is 1. The van der Waals surface area contributed by atoms with Gasteiger partial charge in [0.1, 0.15) is 0 Å². The zero-order valence-corrected chi connectivity index (χ0v) is 16.4. The number of piperazine rings is 1. The number of nitrogens with zero attached hydrogens (tertiary/aromatic N) is 2. The molecule has 1 aromatic carbocycles. The van der Waals surface area contributed by atoms with Gasteiger partial charge < -0.3 is 4.90 Å². The fourth-order valence-corrected chi connectivity index (χ4v) is 5.02. The van der Waals surface area contributed by atoms with Crippen molar-refractivity contribution in [3.05, 3.63) is 42.0 Å². The van der Waals surface area contributed by atoms with Crippen LogP contribution in [-0.2, 0) is 14.8 Å². The van der Waals surface area contributed by atoms with E-state index in [2.05, 4.69) is 26.0 Å². The molecule has 142 valence electrons. The summed E-state index contributed by atoms with van der Waals surface area (Å²) in [5.41, 5.74) is 1.13. The normalized spacial score (nSPS) is 22.0. The molecule has 0 N–H and O–H groups in total. The molecule has 1 aromatic rings. The molecule has 0 saturated carbocycles. The topological polar surface area (TPSA) is 57.7 Å². The third-order valence-corrected chi connectivity index (χ3v) is 7.27. The monoisotopic (exact) mass is 376 g/mol. The summed E-state index contributed by atoms with van der Waals surface area (Å²) in [4.78, 5) is 14.8. The standard InChI is InChI=1S/C20H28N2O3S/c1-16(2)17-8-10-19(11-9-17)26(24,25)22-14-12-21(13-15-22)20(23)18-6-4-3-5-7-18/h3-4,8-11,16,18H,5-7,12-15H2,1-2H3. The van der Waals surface area contributed by atoms with E-state index in [1.165, 1.54) is 4.31 Å². The Morgan fingerprint density at radius 3 is 2.23 bits per heavy atom. The Hall–Kier alpha value is -1.66. The second-order valence-corrected chi connectivity index (χ2v) is 9.37. The highest BCUT2D eigenvalue weighted by Gasteiger charge is 2.32. The lowest BCUT2D eigenvalue weighted by molar-refractivity contribution is -0.137. The van der Waals surface area contributed by atoms with Gasteiger partial charge in [-0.15, -0.1) is 0 Å². The minimum absolute atomic E-state index is 0.0618. The highest BCUT2D eigenvalue weighted by atomic mass is 32.2. The van der Waals surface area contributed by atoms with E-state index in [1.54, 1.807) is 12.1 Å². The third-order valence-electron chi connectivity index (χ3n) is 5.35. The number of carbonyl (C=O) groups excluding carboxylic acids is 1. The second-order valence-electron chi connectivity index (χ2n) is 7.43. The SMILES string of the molecule is CC(C)c1ccc(S(=O)(=O)N2CCN(C(=O)C3CC=CCC3)CC2)cc1. The van der Waals surface area contributed by atoms with E-state index in [-0.39, 0.29) is 11.8 Å². The van der Waals surface area contributed by atoms with Gasteiger partial charge in [0, 0.05) is 32.1 Å². The fourth-order valence-electron chi connectivity index (χ4n) is 3.60. The van der Waals surface area contributed by atoms with Gasteiger partial charge >= 0.3 is 0 Å². The van der Waals surface area contributed by atoms with Crippen molar-refractivity contribution in [2.24, 2.45) is 5.92 Å². The van der Waals surface area contributed by atoms with E-state index in [1.807, 2.05) is 17.0 Å². The first-order chi connectivity index (χ1) is 12.4. The summed E-state index contributed by atoms with van der Waals surface area (Å²) in [6, 6.07) is 7.15. The van der Waals surface area contributed by atoms with Gasteiger partial charge in [-0.05, 0) is 42.9 Å². The van der Waals surface area contributed by atoms with Crippen LogP contribution in [0.15, 0.2) is 41.3 Å². The average Bonchev–Trinajstić information content (AvgIpc) is 2.68. The van der Waals surface area contributed by atoms with Crippen LogP contribution in [0.1, 0.15) is 44.6 Å². The van der Waals surface area contributed by atoms with Crippen LogP contribution in [0.2, 0.25) is 0 Å². The van der Waals surface area contributed by atoms with Crippen LogP contribution < -0.4 is 0 Å². The van der Waals surface area contributed by atoms with E-state index in [9.17, 15) is 13.2 Å². The van der Waals surface area contributed by atoms with Crippen molar-refractivity contribution >= 4 is 15.9 Å². The van der Waals surface area contributed by atoms with Crippen molar-refractivity contribution in [2.45, 2.75) is 43.9 Å². The lowest BCUT2D eigenvalue weighted by Gasteiger charge is -2.36. The molecule has 1 aliphatic heterocycles. The molecular formula is C20H28N2O3S. The number of allylic oxidation sites excluding steroid dienone is 2. The fraction of sp³-hybridized carbons (Fsp3) is 0.550. The Morgan fingerprint density at radius 1 is 1.04 bits per heavy atom. The highest BCUT2D eigenvalue weighted by Crippen LogP contribution is 2.24. The van der Waals surface area contributed by atoms with Crippen LogP contribution in [0.3, 0.4) is 0 Å². The Labute approximate surface area is 156 Å². The maximum atomic E-state index is 12.9. The molecule has 5 nitrogen and oxygen atoms in total. The van der Waals surface area contributed by atoms with Crippen molar-refractivity contribution < 1.29 is 13.2 Å². The van der Waals surface area contributed by atoms with Crippen molar-refractivity contribution in [1.29, 1.82) is 0 Å². The van der Waals surface area contributed by atoms with Crippen LogP contribution in [0.4, 0.5) is 0 Å². The molecule has 1 atom stereocenters. The number of carbonyl (C=O) groups is 1. The van der Waals surface area contributed by atoms with Gasteiger partial charge in [-0.3, -0.25) is 4.79 Å². The molecule has 26 heavy (non-hydrogen) atoms. The van der Waals surface area contributed by atoms with Crippen molar-refractivity contribution in [3.63, 3.8) is 0 Å². The molecule has 6 heteroatoms. The van der Waals surface area contributed by atoms with Gasteiger partial charge in [-0.1, -0.05) is 38.1 Å². The van der Waals surface area contributed by atoms with Crippen LogP contribution in [-0.4, -0.2) is 49.7 Å². The van der Waals surface area contributed by atoms with Gasteiger partial charge in [0.15, 0.2) is 0 Å². The molecule has 1 aliphatic carbocycles. The number of benzene rings is 1. The highest BCUT2D eigenvalue weighted by molar-refractivity contribution is 7.89. The van der Waals surface area contributed by atoms with E-state index >= 15 is 0 Å². The smallest absolute Gasteiger partial charge is 0.243 e. The number of sulfonamides is 1. The molecule has 2 aliphatic rings. The first kappa shape index (κ1) is 19.1. The predicted molar refractivity (Wildman–Crippen MR) is 102 cm³/mol. The zero-order chi connectivity index (χ0) is 18.7. The maximum absolute atomic E-state index is 12.9. The molecule has 1 unspecified atom stereocenters. The Kier molecular flexibility index (Phi) is 5.82. The Morgan fingerprint density at radius 2 is 1.69 bits per heavy atom. The number of hydrogen-bond acceptors (Lipinski definition) is 3.